The van der Waals surface area contributed by atoms with Gasteiger partial charge in [-0.2, -0.15) is 5.10 Å². The van der Waals surface area contributed by atoms with E-state index in [1.165, 1.54) is 51.0 Å². The molecule has 4 heteroatoms. The first-order chi connectivity index (χ1) is 10.2. The molecule has 0 bridgehead atoms. The summed E-state index contributed by atoms with van der Waals surface area (Å²) in [4.78, 5) is 2.57. The number of nitrogens with one attached hydrogen (secondary N) is 1. The summed E-state index contributed by atoms with van der Waals surface area (Å²) in [5, 5.41) is 8.40. The highest BCUT2D eigenvalue weighted by Crippen LogP contribution is 2.22. The smallest absolute Gasteiger partial charge is 0.0764 e. The van der Waals surface area contributed by atoms with E-state index in [2.05, 4.69) is 41.0 Å². The molecule has 21 heavy (non-hydrogen) atoms. The zero-order valence-corrected chi connectivity index (χ0v) is 13.6. The van der Waals surface area contributed by atoms with Crippen LogP contribution in [0.2, 0.25) is 0 Å². The van der Waals surface area contributed by atoms with Crippen LogP contribution in [0.5, 0.6) is 0 Å². The third-order valence-corrected chi connectivity index (χ3v) is 5.07. The average molecular weight is 290 g/mol. The highest BCUT2D eigenvalue weighted by atomic mass is 15.3. The lowest BCUT2D eigenvalue weighted by Crippen LogP contribution is -2.37. The molecule has 1 saturated carbocycles. The highest BCUT2D eigenvalue weighted by molar-refractivity contribution is 5.00. The van der Waals surface area contributed by atoms with Crippen LogP contribution in [0.15, 0.2) is 12.3 Å². The Morgan fingerprint density at radius 2 is 2.05 bits per heavy atom. The number of hydrogen-bond donors (Lipinski definition) is 1. The molecule has 4 nitrogen and oxygen atoms in total. The molecule has 0 aromatic carbocycles. The van der Waals surface area contributed by atoms with E-state index in [0.29, 0.717) is 6.04 Å². The summed E-state index contributed by atoms with van der Waals surface area (Å²) >= 11 is 0. The summed E-state index contributed by atoms with van der Waals surface area (Å²) in [5.74, 6) is 0.888. The SMILES string of the molecule is CCC(C)n1ccc(CN2CCC(CNC3CC3)CC2)n1. The van der Waals surface area contributed by atoms with Gasteiger partial charge in [0.1, 0.15) is 0 Å². The Morgan fingerprint density at radius 3 is 2.71 bits per heavy atom. The predicted molar refractivity (Wildman–Crippen MR) is 86.3 cm³/mol. The molecular weight excluding hydrogens is 260 g/mol. The Hall–Kier alpha value is -0.870. The largest absolute Gasteiger partial charge is 0.314 e. The monoisotopic (exact) mass is 290 g/mol. The van der Waals surface area contributed by atoms with Crippen LogP contribution in [0, 0.1) is 5.92 Å². The van der Waals surface area contributed by atoms with Crippen LogP contribution in [0.25, 0.3) is 0 Å². The van der Waals surface area contributed by atoms with Crippen molar-refractivity contribution in [1.29, 1.82) is 0 Å². The van der Waals surface area contributed by atoms with Crippen molar-refractivity contribution in [2.75, 3.05) is 19.6 Å². The molecule has 1 aromatic rings. The maximum atomic E-state index is 4.72. The molecule has 0 spiro atoms. The molecule has 1 saturated heterocycles. The average Bonchev–Trinajstić information content (AvgIpc) is 3.23. The van der Waals surface area contributed by atoms with Crippen molar-refractivity contribution in [3.63, 3.8) is 0 Å². The van der Waals surface area contributed by atoms with Crippen LogP contribution in [0.3, 0.4) is 0 Å². The fraction of sp³-hybridized carbons (Fsp3) is 0.824. The fourth-order valence-electron chi connectivity index (χ4n) is 3.09. The van der Waals surface area contributed by atoms with Gasteiger partial charge in [-0.25, -0.2) is 0 Å². The second-order valence-electron chi connectivity index (χ2n) is 6.95. The molecule has 0 radical (unpaired) electrons. The summed E-state index contributed by atoms with van der Waals surface area (Å²) in [5.41, 5.74) is 1.23. The first kappa shape index (κ1) is 15.0. The topological polar surface area (TPSA) is 33.1 Å². The number of rotatable bonds is 7. The molecule has 1 aliphatic heterocycles. The van der Waals surface area contributed by atoms with Crippen molar-refractivity contribution < 1.29 is 0 Å². The van der Waals surface area contributed by atoms with E-state index in [9.17, 15) is 0 Å². The lowest BCUT2D eigenvalue weighted by Gasteiger charge is -2.31. The summed E-state index contributed by atoms with van der Waals surface area (Å²) in [6.07, 6.45) is 8.75. The Morgan fingerprint density at radius 1 is 1.29 bits per heavy atom. The number of aromatic nitrogens is 2. The molecule has 1 aromatic heterocycles. The lowest BCUT2D eigenvalue weighted by atomic mass is 9.96. The van der Waals surface area contributed by atoms with Crippen LogP contribution in [-0.2, 0) is 6.54 Å². The maximum Gasteiger partial charge on any atom is 0.0764 e. The molecule has 1 N–H and O–H groups in total. The Labute approximate surface area is 128 Å². The van der Waals surface area contributed by atoms with Gasteiger partial charge in [0, 0.05) is 24.8 Å². The second-order valence-corrected chi connectivity index (χ2v) is 6.95. The number of hydrogen-bond acceptors (Lipinski definition) is 3. The molecule has 1 atom stereocenters. The molecule has 1 unspecified atom stereocenters. The van der Waals surface area contributed by atoms with E-state index in [1.54, 1.807) is 0 Å². The van der Waals surface area contributed by atoms with Crippen molar-refractivity contribution in [2.45, 2.75) is 64.6 Å². The Kier molecular flexibility index (Phi) is 4.96. The minimum atomic E-state index is 0.512. The Bertz CT molecular complexity index is 430. The first-order valence-corrected chi connectivity index (χ1v) is 8.74. The third-order valence-electron chi connectivity index (χ3n) is 5.07. The van der Waals surface area contributed by atoms with Gasteiger partial charge in [-0.1, -0.05) is 6.92 Å². The normalized spacial score (nSPS) is 22.6. The number of likely N-dealkylation sites (tertiary alicyclic amines) is 1. The Balaban J connectivity index is 1.41. The van der Waals surface area contributed by atoms with Crippen molar-refractivity contribution >= 4 is 0 Å². The zero-order chi connectivity index (χ0) is 14.7. The minimum Gasteiger partial charge on any atom is -0.314 e. The van der Waals surface area contributed by atoms with E-state index in [4.69, 9.17) is 5.10 Å². The minimum absolute atomic E-state index is 0.512. The third kappa shape index (κ3) is 4.30. The van der Waals surface area contributed by atoms with Gasteiger partial charge >= 0.3 is 0 Å². The lowest BCUT2D eigenvalue weighted by molar-refractivity contribution is 0.173. The van der Waals surface area contributed by atoms with Crippen LogP contribution < -0.4 is 5.32 Å². The van der Waals surface area contributed by atoms with E-state index in [1.807, 2.05) is 0 Å². The van der Waals surface area contributed by atoms with Gasteiger partial charge in [-0.3, -0.25) is 9.58 Å². The van der Waals surface area contributed by atoms with Gasteiger partial charge in [-0.05, 0) is 70.6 Å². The van der Waals surface area contributed by atoms with Gasteiger partial charge < -0.3 is 5.32 Å². The van der Waals surface area contributed by atoms with Crippen molar-refractivity contribution in [3.05, 3.63) is 18.0 Å². The molecule has 2 fully saturated rings. The van der Waals surface area contributed by atoms with E-state index in [-0.39, 0.29) is 0 Å². The number of nitrogens with zero attached hydrogens (tertiary/aromatic N) is 3. The molecular formula is C17H30N4. The molecule has 3 rings (SSSR count). The molecule has 118 valence electrons. The molecule has 2 aliphatic rings. The highest BCUT2D eigenvalue weighted by Gasteiger charge is 2.24. The summed E-state index contributed by atoms with van der Waals surface area (Å²) in [6.45, 7) is 9.16. The van der Waals surface area contributed by atoms with E-state index in [0.717, 1.165) is 24.9 Å². The molecule has 2 heterocycles. The standard InChI is InChI=1S/C17H30N4/c1-3-14(2)21-11-8-17(19-21)13-20-9-6-15(7-10-20)12-18-16-4-5-16/h8,11,14-16,18H,3-7,9-10,12-13H2,1-2H3. The predicted octanol–water partition coefficient (Wildman–Crippen LogP) is 2.82. The first-order valence-electron chi connectivity index (χ1n) is 8.74. The summed E-state index contributed by atoms with van der Waals surface area (Å²) < 4.78 is 2.11. The zero-order valence-electron chi connectivity index (χ0n) is 13.6. The fourth-order valence-corrected chi connectivity index (χ4v) is 3.09. The van der Waals surface area contributed by atoms with Gasteiger partial charge in [0.05, 0.1) is 5.69 Å². The van der Waals surface area contributed by atoms with Crippen LogP contribution in [0.4, 0.5) is 0 Å². The van der Waals surface area contributed by atoms with Crippen LogP contribution in [-0.4, -0.2) is 40.4 Å². The second kappa shape index (κ2) is 6.93. The van der Waals surface area contributed by atoms with Gasteiger partial charge in [0.25, 0.3) is 0 Å². The van der Waals surface area contributed by atoms with E-state index >= 15 is 0 Å². The molecule has 1 aliphatic carbocycles. The number of piperidine rings is 1. The van der Waals surface area contributed by atoms with Crippen molar-refractivity contribution in [3.8, 4) is 0 Å². The van der Waals surface area contributed by atoms with Crippen LogP contribution in [0.1, 0.15) is 57.7 Å². The van der Waals surface area contributed by atoms with Gasteiger partial charge in [0.2, 0.25) is 0 Å². The van der Waals surface area contributed by atoms with Gasteiger partial charge in [0.15, 0.2) is 0 Å². The molecule has 0 amide bonds. The maximum absolute atomic E-state index is 4.72. The quantitative estimate of drug-likeness (QED) is 0.838. The van der Waals surface area contributed by atoms with Crippen molar-refractivity contribution in [2.24, 2.45) is 5.92 Å². The van der Waals surface area contributed by atoms with Gasteiger partial charge in [-0.15, -0.1) is 0 Å². The van der Waals surface area contributed by atoms with E-state index < -0.39 is 0 Å². The van der Waals surface area contributed by atoms with Crippen molar-refractivity contribution in [1.82, 2.24) is 20.0 Å². The summed E-state index contributed by atoms with van der Waals surface area (Å²) in [6, 6.07) is 3.55. The van der Waals surface area contributed by atoms with Crippen LogP contribution >= 0.6 is 0 Å². The summed E-state index contributed by atoms with van der Waals surface area (Å²) in [7, 11) is 0.